The molecule has 30 heavy (non-hydrogen) atoms. The van der Waals surface area contributed by atoms with Crippen LogP contribution in [0.5, 0.6) is 0 Å². The van der Waals surface area contributed by atoms with Crippen LogP contribution in [0.2, 0.25) is 5.02 Å². The number of benzene rings is 1. The van der Waals surface area contributed by atoms with Crippen LogP contribution in [0.25, 0.3) is 0 Å². The molecule has 2 heterocycles. The maximum absolute atomic E-state index is 12.9. The highest BCUT2D eigenvalue weighted by Gasteiger charge is 2.33. The summed E-state index contributed by atoms with van der Waals surface area (Å²) in [4.78, 5) is 20.1. The van der Waals surface area contributed by atoms with Gasteiger partial charge in [-0.25, -0.2) is 0 Å². The van der Waals surface area contributed by atoms with Gasteiger partial charge in [0, 0.05) is 36.7 Å². The van der Waals surface area contributed by atoms with Crippen LogP contribution in [-0.4, -0.2) is 78.5 Å². The Bertz CT molecular complexity index is 664. The second kappa shape index (κ2) is 10.9. The minimum atomic E-state index is -0.483. The van der Waals surface area contributed by atoms with E-state index in [4.69, 9.17) is 17.3 Å². The summed E-state index contributed by atoms with van der Waals surface area (Å²) >= 11 is 5.95. The zero-order valence-corrected chi connectivity index (χ0v) is 19.7. The number of nitrogens with zero attached hydrogens (tertiary/aromatic N) is 3. The van der Waals surface area contributed by atoms with Crippen LogP contribution < -0.4 is 5.73 Å². The molecule has 1 aromatic carbocycles. The molecule has 0 aliphatic carbocycles. The molecule has 2 aliphatic rings. The molecule has 1 atom stereocenters. The lowest BCUT2D eigenvalue weighted by atomic mass is 9.94. The van der Waals surface area contributed by atoms with E-state index in [1.807, 2.05) is 29.2 Å². The molecule has 0 unspecified atom stereocenters. The van der Waals surface area contributed by atoms with Gasteiger partial charge >= 0.3 is 0 Å². The SMILES string of the molecule is CC(C)CN(C1CCN(C)CC1)C1CCN(C(=O)[C@H](N)Cc2ccc(Cl)cc2)CC1. The van der Waals surface area contributed by atoms with Gasteiger partial charge in [-0.05, 0) is 75.9 Å². The Morgan fingerprint density at radius 3 is 2.13 bits per heavy atom. The van der Waals surface area contributed by atoms with Crippen molar-refractivity contribution in [2.24, 2.45) is 11.7 Å². The van der Waals surface area contributed by atoms with Crippen molar-refractivity contribution in [1.82, 2.24) is 14.7 Å². The van der Waals surface area contributed by atoms with Gasteiger partial charge in [0.2, 0.25) is 5.91 Å². The summed E-state index contributed by atoms with van der Waals surface area (Å²) < 4.78 is 0. The molecule has 1 amide bonds. The molecule has 0 radical (unpaired) electrons. The van der Waals surface area contributed by atoms with Crippen LogP contribution >= 0.6 is 11.6 Å². The number of nitrogens with two attached hydrogens (primary N) is 1. The lowest BCUT2D eigenvalue weighted by Crippen LogP contribution is -2.55. The fourth-order valence-corrected chi connectivity index (χ4v) is 5.08. The minimum Gasteiger partial charge on any atom is -0.341 e. The third-order valence-corrected chi connectivity index (χ3v) is 6.92. The Labute approximate surface area is 187 Å². The first-order valence-electron chi connectivity index (χ1n) is 11.6. The molecule has 2 N–H and O–H groups in total. The first-order chi connectivity index (χ1) is 14.3. The van der Waals surface area contributed by atoms with Crippen molar-refractivity contribution in [3.8, 4) is 0 Å². The van der Waals surface area contributed by atoms with Crippen LogP contribution in [-0.2, 0) is 11.2 Å². The first-order valence-corrected chi connectivity index (χ1v) is 11.9. The summed E-state index contributed by atoms with van der Waals surface area (Å²) in [6.45, 7) is 9.81. The van der Waals surface area contributed by atoms with E-state index in [-0.39, 0.29) is 5.91 Å². The summed E-state index contributed by atoms with van der Waals surface area (Å²) in [5.41, 5.74) is 7.33. The normalized spacial score (nSPS) is 20.8. The van der Waals surface area contributed by atoms with Crippen molar-refractivity contribution in [3.05, 3.63) is 34.9 Å². The molecule has 168 valence electrons. The maximum atomic E-state index is 12.9. The lowest BCUT2D eigenvalue weighted by molar-refractivity contribution is -0.134. The van der Waals surface area contributed by atoms with Gasteiger partial charge in [0.25, 0.3) is 0 Å². The smallest absolute Gasteiger partial charge is 0.239 e. The second-order valence-corrected chi connectivity index (χ2v) is 10.1. The molecule has 2 fully saturated rings. The quantitative estimate of drug-likeness (QED) is 0.715. The molecule has 1 aromatic rings. The highest BCUT2D eigenvalue weighted by atomic mass is 35.5. The Morgan fingerprint density at radius 1 is 1.07 bits per heavy atom. The minimum absolute atomic E-state index is 0.0816. The molecule has 3 rings (SSSR count). The third-order valence-electron chi connectivity index (χ3n) is 6.66. The summed E-state index contributed by atoms with van der Waals surface area (Å²) in [6, 6.07) is 8.39. The van der Waals surface area contributed by atoms with Crippen LogP contribution in [0.4, 0.5) is 0 Å². The number of halogens is 1. The van der Waals surface area contributed by atoms with Crippen molar-refractivity contribution >= 4 is 17.5 Å². The van der Waals surface area contributed by atoms with Gasteiger partial charge in [-0.3, -0.25) is 9.69 Å². The first kappa shape index (κ1) is 23.5. The number of rotatable bonds is 7. The van der Waals surface area contributed by atoms with E-state index >= 15 is 0 Å². The molecule has 2 saturated heterocycles. The van der Waals surface area contributed by atoms with Crippen molar-refractivity contribution < 1.29 is 4.79 Å². The number of carbonyl (C=O) groups is 1. The standard InChI is InChI=1S/C24H39ClN4O/c1-18(2)17-29(21-8-12-27(3)13-9-21)22-10-14-28(15-11-22)24(30)23(26)16-19-4-6-20(25)7-5-19/h4-7,18,21-23H,8-17,26H2,1-3H3/t23-/m1/s1. The number of hydrogen-bond acceptors (Lipinski definition) is 4. The molecule has 6 heteroatoms. The summed E-state index contributed by atoms with van der Waals surface area (Å²) in [6.07, 6.45) is 5.19. The monoisotopic (exact) mass is 434 g/mol. The van der Waals surface area contributed by atoms with Crippen molar-refractivity contribution in [3.63, 3.8) is 0 Å². The largest absolute Gasteiger partial charge is 0.341 e. The van der Waals surface area contributed by atoms with Gasteiger partial charge in [-0.2, -0.15) is 0 Å². The van der Waals surface area contributed by atoms with Crippen LogP contribution in [0.15, 0.2) is 24.3 Å². The van der Waals surface area contributed by atoms with Gasteiger partial charge in [-0.1, -0.05) is 37.6 Å². The predicted octanol–water partition coefficient (Wildman–Crippen LogP) is 3.25. The Hall–Kier alpha value is -1.14. The Kier molecular flexibility index (Phi) is 8.58. The molecule has 0 saturated carbocycles. The summed E-state index contributed by atoms with van der Waals surface area (Å²) in [5, 5.41) is 0.705. The van der Waals surface area contributed by atoms with E-state index in [1.165, 1.54) is 25.9 Å². The number of likely N-dealkylation sites (tertiary alicyclic amines) is 2. The van der Waals surface area contributed by atoms with Crippen LogP contribution in [0.3, 0.4) is 0 Å². The van der Waals surface area contributed by atoms with Crippen molar-refractivity contribution in [1.29, 1.82) is 0 Å². The van der Waals surface area contributed by atoms with Gasteiger partial charge < -0.3 is 15.5 Å². The van der Waals surface area contributed by atoms with Gasteiger partial charge in [0.1, 0.15) is 0 Å². The van der Waals surface area contributed by atoms with E-state index in [9.17, 15) is 4.79 Å². The average Bonchev–Trinajstić information content (AvgIpc) is 2.74. The highest BCUT2D eigenvalue weighted by Crippen LogP contribution is 2.25. The van der Waals surface area contributed by atoms with Gasteiger partial charge in [0.05, 0.1) is 6.04 Å². The van der Waals surface area contributed by atoms with Crippen molar-refractivity contribution in [2.45, 2.75) is 64.1 Å². The third kappa shape index (κ3) is 6.43. The van der Waals surface area contributed by atoms with E-state index in [2.05, 4.69) is 30.7 Å². The fraction of sp³-hybridized carbons (Fsp3) is 0.708. The van der Waals surface area contributed by atoms with Gasteiger partial charge in [-0.15, -0.1) is 0 Å². The van der Waals surface area contributed by atoms with Crippen LogP contribution in [0, 0.1) is 5.92 Å². The molecule has 0 spiro atoms. The lowest BCUT2D eigenvalue weighted by Gasteiger charge is -2.45. The van der Waals surface area contributed by atoms with E-state index in [0.29, 0.717) is 29.4 Å². The average molecular weight is 435 g/mol. The predicted molar refractivity (Wildman–Crippen MR) is 125 cm³/mol. The fourth-order valence-electron chi connectivity index (χ4n) is 4.96. The zero-order chi connectivity index (χ0) is 21.7. The summed E-state index contributed by atoms with van der Waals surface area (Å²) in [7, 11) is 2.22. The van der Waals surface area contributed by atoms with E-state index in [0.717, 1.165) is 38.0 Å². The molecule has 0 aromatic heterocycles. The van der Waals surface area contributed by atoms with Gasteiger partial charge in [0.15, 0.2) is 0 Å². The highest BCUT2D eigenvalue weighted by molar-refractivity contribution is 6.30. The van der Waals surface area contributed by atoms with Crippen LogP contribution in [0.1, 0.15) is 45.1 Å². The van der Waals surface area contributed by atoms with Crippen molar-refractivity contribution in [2.75, 3.05) is 39.8 Å². The second-order valence-electron chi connectivity index (χ2n) is 9.62. The Morgan fingerprint density at radius 2 is 1.60 bits per heavy atom. The maximum Gasteiger partial charge on any atom is 0.239 e. The Balaban J connectivity index is 1.53. The zero-order valence-electron chi connectivity index (χ0n) is 18.9. The molecular formula is C24H39ClN4O. The molecule has 2 aliphatic heterocycles. The number of hydrogen-bond donors (Lipinski definition) is 1. The number of piperidine rings is 2. The number of carbonyl (C=O) groups excluding carboxylic acids is 1. The van der Waals surface area contributed by atoms with E-state index < -0.39 is 6.04 Å². The van der Waals surface area contributed by atoms with E-state index in [1.54, 1.807) is 0 Å². The molecule has 5 nitrogen and oxygen atoms in total. The molecular weight excluding hydrogens is 396 g/mol. The molecule has 0 bridgehead atoms. The topological polar surface area (TPSA) is 52.8 Å². The number of amides is 1. The summed E-state index contributed by atoms with van der Waals surface area (Å²) in [5.74, 6) is 0.746.